The fraction of sp³-hybridized carbons (Fsp3) is 0.0909. The van der Waals surface area contributed by atoms with Gasteiger partial charge in [-0.25, -0.2) is 6.57 Å². The number of nitrogens with one attached hydrogen (secondary N) is 1. The number of benzene rings is 2. The first-order chi connectivity index (χ1) is 14.1. The maximum atomic E-state index is 12.6. The van der Waals surface area contributed by atoms with Crippen LogP contribution < -0.4 is 5.32 Å². The molecule has 7 heteroatoms. The molecule has 2 aromatic heterocycles. The Kier molecular flexibility index (Phi) is 4.91. The van der Waals surface area contributed by atoms with Gasteiger partial charge in [-0.1, -0.05) is 18.2 Å². The molecule has 0 bridgehead atoms. The van der Waals surface area contributed by atoms with Crippen molar-refractivity contribution in [1.82, 2.24) is 10.2 Å². The number of aromatic nitrogens is 2. The van der Waals surface area contributed by atoms with Crippen LogP contribution in [0.1, 0.15) is 28.9 Å². The highest BCUT2D eigenvalue weighted by atomic mass is 16.4. The van der Waals surface area contributed by atoms with E-state index in [4.69, 9.17) is 15.4 Å². The first-order valence-corrected chi connectivity index (χ1v) is 8.90. The largest absolute Gasteiger partial charge is 0.459 e. The van der Waals surface area contributed by atoms with Crippen molar-refractivity contribution >= 4 is 11.6 Å². The SMILES string of the molecule is [C-]#[N+]C(C)c1cccc(C(=O)Nc2cccc(-c3nnc(-c4ccco4)o3)c2)c1. The standard InChI is InChI=1S/C22H16N4O3/c1-14(23-2)15-6-3-7-16(12-15)20(27)24-18-9-4-8-17(13-18)21-25-26-22(29-21)19-10-5-11-28-19/h3-14H,1H3,(H,24,27). The molecule has 2 heterocycles. The van der Waals surface area contributed by atoms with Crippen LogP contribution in [0.25, 0.3) is 28.0 Å². The Morgan fingerprint density at radius 3 is 2.69 bits per heavy atom. The predicted molar refractivity (Wildman–Crippen MR) is 107 cm³/mol. The Morgan fingerprint density at radius 2 is 1.90 bits per heavy atom. The molecule has 142 valence electrons. The van der Waals surface area contributed by atoms with Crippen LogP contribution in [0.2, 0.25) is 0 Å². The molecule has 1 N–H and O–H groups in total. The van der Waals surface area contributed by atoms with Gasteiger partial charge in [0, 0.05) is 29.3 Å². The van der Waals surface area contributed by atoms with Crippen LogP contribution in [-0.2, 0) is 0 Å². The Hall–Kier alpha value is -4.18. The zero-order valence-corrected chi connectivity index (χ0v) is 15.5. The minimum Gasteiger partial charge on any atom is -0.459 e. The summed E-state index contributed by atoms with van der Waals surface area (Å²) in [7, 11) is 0. The van der Waals surface area contributed by atoms with Crippen molar-refractivity contribution in [3.8, 4) is 23.1 Å². The quantitative estimate of drug-likeness (QED) is 0.476. The smallest absolute Gasteiger partial charge is 0.283 e. The average molecular weight is 384 g/mol. The minimum absolute atomic E-state index is 0.261. The van der Waals surface area contributed by atoms with Gasteiger partial charge in [0.2, 0.25) is 11.9 Å². The van der Waals surface area contributed by atoms with Crippen LogP contribution in [-0.4, -0.2) is 16.1 Å². The minimum atomic E-state index is -0.299. The number of amides is 1. The van der Waals surface area contributed by atoms with E-state index in [1.54, 1.807) is 55.5 Å². The summed E-state index contributed by atoms with van der Waals surface area (Å²) < 4.78 is 10.9. The van der Waals surface area contributed by atoms with Crippen LogP contribution in [0.3, 0.4) is 0 Å². The lowest BCUT2D eigenvalue weighted by atomic mass is 10.1. The van der Waals surface area contributed by atoms with Crippen molar-refractivity contribution in [3.63, 3.8) is 0 Å². The predicted octanol–water partition coefficient (Wildman–Crippen LogP) is 5.23. The Balaban J connectivity index is 1.54. The van der Waals surface area contributed by atoms with E-state index < -0.39 is 0 Å². The highest BCUT2D eigenvalue weighted by Gasteiger charge is 2.15. The van der Waals surface area contributed by atoms with Crippen molar-refractivity contribution in [3.05, 3.63) is 89.5 Å². The topological polar surface area (TPSA) is 85.5 Å². The van der Waals surface area contributed by atoms with Crippen molar-refractivity contribution < 1.29 is 13.6 Å². The molecule has 1 unspecified atom stereocenters. The van der Waals surface area contributed by atoms with Gasteiger partial charge in [-0.15, -0.1) is 10.2 Å². The van der Waals surface area contributed by atoms with Crippen LogP contribution in [0.15, 0.2) is 75.8 Å². The highest BCUT2D eigenvalue weighted by Crippen LogP contribution is 2.26. The lowest BCUT2D eigenvalue weighted by molar-refractivity contribution is 0.102. The molecule has 1 atom stereocenters. The molecule has 4 rings (SSSR count). The first kappa shape index (κ1) is 18.2. The van der Waals surface area contributed by atoms with Crippen LogP contribution in [0.5, 0.6) is 0 Å². The average Bonchev–Trinajstić information content (AvgIpc) is 3.45. The molecule has 1 amide bonds. The van der Waals surface area contributed by atoms with Gasteiger partial charge in [0.25, 0.3) is 11.8 Å². The molecule has 0 fully saturated rings. The highest BCUT2D eigenvalue weighted by molar-refractivity contribution is 6.04. The first-order valence-electron chi connectivity index (χ1n) is 8.90. The Bertz CT molecular complexity index is 1190. The molecule has 0 aliphatic rings. The van der Waals surface area contributed by atoms with Crippen molar-refractivity contribution in [2.75, 3.05) is 5.32 Å². The van der Waals surface area contributed by atoms with E-state index in [0.717, 1.165) is 5.56 Å². The molecule has 0 aliphatic carbocycles. The number of furan rings is 1. The monoisotopic (exact) mass is 384 g/mol. The summed E-state index contributed by atoms with van der Waals surface area (Å²) in [5.74, 6) is 0.829. The van der Waals surface area contributed by atoms with Crippen LogP contribution >= 0.6 is 0 Å². The zero-order chi connectivity index (χ0) is 20.2. The van der Waals surface area contributed by atoms with Gasteiger partial charge in [0.15, 0.2) is 5.76 Å². The third-order valence-electron chi connectivity index (χ3n) is 4.35. The molecule has 0 saturated heterocycles. The molecular weight excluding hydrogens is 368 g/mol. The third kappa shape index (κ3) is 3.92. The fourth-order valence-electron chi connectivity index (χ4n) is 2.79. The van der Waals surface area contributed by atoms with E-state index in [2.05, 4.69) is 20.4 Å². The van der Waals surface area contributed by atoms with E-state index >= 15 is 0 Å². The second-order valence-corrected chi connectivity index (χ2v) is 6.36. The maximum absolute atomic E-state index is 12.6. The number of hydrogen-bond acceptors (Lipinski definition) is 5. The van der Waals surface area contributed by atoms with Gasteiger partial charge < -0.3 is 19.0 Å². The summed E-state index contributed by atoms with van der Waals surface area (Å²) >= 11 is 0. The lowest BCUT2D eigenvalue weighted by Gasteiger charge is -2.07. The van der Waals surface area contributed by atoms with Gasteiger partial charge in [-0.2, -0.15) is 0 Å². The lowest BCUT2D eigenvalue weighted by Crippen LogP contribution is -2.12. The Morgan fingerprint density at radius 1 is 1.07 bits per heavy atom. The van der Waals surface area contributed by atoms with Gasteiger partial charge in [-0.3, -0.25) is 4.79 Å². The number of rotatable bonds is 5. The third-order valence-corrected chi connectivity index (χ3v) is 4.35. The van der Waals surface area contributed by atoms with Gasteiger partial charge in [0.05, 0.1) is 6.26 Å². The summed E-state index contributed by atoms with van der Waals surface area (Å²) in [6.07, 6.45) is 1.53. The van der Waals surface area contributed by atoms with E-state index in [9.17, 15) is 4.79 Å². The van der Waals surface area contributed by atoms with Crippen molar-refractivity contribution in [1.29, 1.82) is 0 Å². The molecule has 2 aromatic carbocycles. The second-order valence-electron chi connectivity index (χ2n) is 6.36. The molecule has 4 aromatic rings. The van der Waals surface area contributed by atoms with Gasteiger partial charge >= 0.3 is 0 Å². The molecule has 7 nitrogen and oxygen atoms in total. The molecule has 0 radical (unpaired) electrons. The van der Waals surface area contributed by atoms with E-state index in [1.807, 2.05) is 12.1 Å². The summed E-state index contributed by atoms with van der Waals surface area (Å²) in [6.45, 7) is 8.96. The van der Waals surface area contributed by atoms with Crippen LogP contribution in [0.4, 0.5) is 5.69 Å². The van der Waals surface area contributed by atoms with Gasteiger partial charge in [-0.05, 0) is 42.5 Å². The number of anilines is 1. The Labute approximate surface area is 166 Å². The summed E-state index contributed by atoms with van der Waals surface area (Å²) in [5, 5.41) is 10.9. The number of nitrogens with zero attached hydrogens (tertiary/aromatic N) is 3. The maximum Gasteiger partial charge on any atom is 0.283 e. The molecule has 0 spiro atoms. The van der Waals surface area contributed by atoms with Crippen molar-refractivity contribution in [2.45, 2.75) is 13.0 Å². The summed E-state index contributed by atoms with van der Waals surface area (Å²) in [6, 6.07) is 17.4. The zero-order valence-electron chi connectivity index (χ0n) is 15.5. The molecule has 0 saturated carbocycles. The van der Waals surface area contributed by atoms with Gasteiger partial charge in [0.1, 0.15) is 0 Å². The van der Waals surface area contributed by atoms with E-state index in [-0.39, 0.29) is 17.8 Å². The van der Waals surface area contributed by atoms with E-state index in [1.165, 1.54) is 6.26 Å². The molecule has 29 heavy (non-hydrogen) atoms. The van der Waals surface area contributed by atoms with E-state index in [0.29, 0.717) is 28.5 Å². The summed E-state index contributed by atoms with van der Waals surface area (Å²) in [5.41, 5.74) is 2.55. The van der Waals surface area contributed by atoms with Crippen molar-refractivity contribution in [2.24, 2.45) is 0 Å². The fourth-order valence-corrected chi connectivity index (χ4v) is 2.79. The molecular formula is C22H16N4O3. The number of carbonyl (C=O) groups excluding carboxylic acids is 1. The second kappa shape index (κ2) is 7.82. The molecule has 0 aliphatic heterocycles. The number of hydrogen-bond donors (Lipinski definition) is 1. The number of carbonyl (C=O) groups is 1. The normalized spacial score (nSPS) is 11.6. The van der Waals surface area contributed by atoms with Crippen LogP contribution in [0, 0.1) is 6.57 Å². The summed E-state index contributed by atoms with van der Waals surface area (Å²) in [4.78, 5) is 16.1.